The molecule has 0 aliphatic carbocycles. The zero-order valence-electron chi connectivity index (χ0n) is 17.5. The Hall–Kier alpha value is -2.61. The Balaban J connectivity index is 2.55. The lowest BCUT2D eigenvalue weighted by Gasteiger charge is -2.25. The van der Waals surface area contributed by atoms with Crippen molar-refractivity contribution in [2.24, 2.45) is 0 Å². The van der Waals surface area contributed by atoms with Gasteiger partial charge in [-0.25, -0.2) is 9.59 Å². The fraction of sp³-hybridized carbons (Fsp3) is 0.571. The molecule has 2 unspecified atom stereocenters. The average Bonchev–Trinajstić information content (AvgIpc) is 2.64. The number of carbonyl (C=O) groups is 3. The van der Waals surface area contributed by atoms with Crippen molar-refractivity contribution in [1.82, 2.24) is 5.32 Å². The van der Waals surface area contributed by atoms with Gasteiger partial charge in [0.15, 0.2) is 6.10 Å². The number of rotatable bonds is 10. The minimum atomic E-state index is -1.57. The summed E-state index contributed by atoms with van der Waals surface area (Å²) in [6.07, 6.45) is -1.79. The number of aliphatic hydroxyl groups excluding tert-OH is 1. The van der Waals surface area contributed by atoms with Gasteiger partial charge in [0.05, 0.1) is 12.6 Å². The smallest absolute Gasteiger partial charge is 0.407 e. The minimum absolute atomic E-state index is 0.0783. The molecule has 1 rings (SSSR count). The molecule has 1 aromatic carbocycles. The van der Waals surface area contributed by atoms with Crippen LogP contribution in [0.3, 0.4) is 0 Å². The molecule has 0 aromatic heterocycles. The summed E-state index contributed by atoms with van der Waals surface area (Å²) in [7, 11) is 0. The Kier molecular flexibility index (Phi) is 10.2. The van der Waals surface area contributed by atoms with Crippen LogP contribution in [-0.4, -0.2) is 47.5 Å². The minimum Gasteiger partial charge on any atom is -0.464 e. The molecule has 0 spiro atoms. The number of hydrogen-bond acceptors (Lipinski definition) is 7. The standard InChI is InChI=1S/C21H31NO7/c1-5-27-19(25)18(24)16(22-20(26)29-21(2,3)4)12-9-13-17(23)28-14-15-10-7-6-8-11-15/h6-8,10-11,16,18,24H,5,9,12-14H2,1-4H3,(H,22,26). The Morgan fingerprint density at radius 1 is 1.10 bits per heavy atom. The van der Waals surface area contributed by atoms with Crippen LogP contribution in [0.25, 0.3) is 0 Å². The molecule has 0 fully saturated rings. The van der Waals surface area contributed by atoms with E-state index in [2.05, 4.69) is 5.32 Å². The highest BCUT2D eigenvalue weighted by molar-refractivity contribution is 5.77. The van der Waals surface area contributed by atoms with Crippen LogP contribution < -0.4 is 5.32 Å². The molecule has 1 aromatic rings. The van der Waals surface area contributed by atoms with Crippen LogP contribution in [0.2, 0.25) is 0 Å². The molecule has 8 nitrogen and oxygen atoms in total. The largest absolute Gasteiger partial charge is 0.464 e. The highest BCUT2D eigenvalue weighted by Gasteiger charge is 2.30. The van der Waals surface area contributed by atoms with Crippen molar-refractivity contribution >= 4 is 18.0 Å². The average molecular weight is 409 g/mol. The number of benzene rings is 1. The summed E-state index contributed by atoms with van der Waals surface area (Å²) < 4.78 is 15.2. The fourth-order valence-corrected chi connectivity index (χ4v) is 2.44. The summed E-state index contributed by atoms with van der Waals surface area (Å²) in [6, 6.07) is 8.33. The summed E-state index contributed by atoms with van der Waals surface area (Å²) in [4.78, 5) is 35.8. The second kappa shape index (κ2) is 12.1. The second-order valence-corrected chi connectivity index (χ2v) is 7.49. The predicted molar refractivity (Wildman–Crippen MR) is 106 cm³/mol. The molecule has 0 bridgehead atoms. The number of hydrogen-bond donors (Lipinski definition) is 2. The quantitative estimate of drug-likeness (QED) is 0.451. The van der Waals surface area contributed by atoms with Crippen molar-refractivity contribution < 1.29 is 33.7 Å². The van der Waals surface area contributed by atoms with Gasteiger partial charge in [-0.15, -0.1) is 0 Å². The normalized spacial score (nSPS) is 13.1. The summed E-state index contributed by atoms with van der Waals surface area (Å²) >= 11 is 0. The maximum atomic E-state index is 12.0. The van der Waals surface area contributed by atoms with Crippen molar-refractivity contribution in [3.8, 4) is 0 Å². The van der Waals surface area contributed by atoms with E-state index in [1.807, 2.05) is 30.3 Å². The summed E-state index contributed by atoms with van der Waals surface area (Å²) in [5.41, 5.74) is 0.146. The van der Waals surface area contributed by atoms with E-state index in [1.165, 1.54) is 0 Å². The maximum Gasteiger partial charge on any atom is 0.407 e. The van der Waals surface area contributed by atoms with Crippen LogP contribution in [-0.2, 0) is 30.4 Å². The molecule has 0 saturated heterocycles. The van der Waals surface area contributed by atoms with Gasteiger partial charge in [0, 0.05) is 6.42 Å². The zero-order chi connectivity index (χ0) is 21.9. The third kappa shape index (κ3) is 10.5. The molecule has 2 atom stereocenters. The Morgan fingerprint density at radius 3 is 2.34 bits per heavy atom. The maximum absolute atomic E-state index is 12.0. The number of carbonyl (C=O) groups excluding carboxylic acids is 3. The molecule has 2 N–H and O–H groups in total. The van der Waals surface area contributed by atoms with E-state index in [0.717, 1.165) is 5.56 Å². The van der Waals surface area contributed by atoms with Gasteiger partial charge < -0.3 is 24.6 Å². The topological polar surface area (TPSA) is 111 Å². The van der Waals surface area contributed by atoms with Crippen LogP contribution in [0.5, 0.6) is 0 Å². The first-order chi connectivity index (χ1) is 13.6. The third-order valence-corrected chi connectivity index (χ3v) is 3.75. The zero-order valence-corrected chi connectivity index (χ0v) is 17.5. The number of aliphatic hydroxyl groups is 1. The molecule has 0 aliphatic rings. The lowest BCUT2D eigenvalue weighted by molar-refractivity contribution is -0.154. The van der Waals surface area contributed by atoms with Crippen molar-refractivity contribution in [1.29, 1.82) is 0 Å². The first-order valence-corrected chi connectivity index (χ1v) is 9.66. The van der Waals surface area contributed by atoms with E-state index < -0.39 is 35.8 Å². The van der Waals surface area contributed by atoms with Crippen LogP contribution >= 0.6 is 0 Å². The molecule has 1 amide bonds. The van der Waals surface area contributed by atoms with Gasteiger partial charge in [-0.05, 0) is 46.1 Å². The summed E-state index contributed by atoms with van der Waals surface area (Å²) in [6.45, 7) is 6.99. The summed E-state index contributed by atoms with van der Waals surface area (Å²) in [5, 5.41) is 12.7. The number of amides is 1. The number of ether oxygens (including phenoxy) is 3. The van der Waals surface area contributed by atoms with Crippen molar-refractivity contribution in [3.05, 3.63) is 35.9 Å². The lowest BCUT2D eigenvalue weighted by atomic mass is 10.0. The van der Waals surface area contributed by atoms with Gasteiger partial charge in [-0.3, -0.25) is 4.79 Å². The number of esters is 2. The Morgan fingerprint density at radius 2 is 1.76 bits per heavy atom. The van der Waals surface area contributed by atoms with E-state index in [1.54, 1.807) is 27.7 Å². The Bertz CT molecular complexity index is 655. The highest BCUT2D eigenvalue weighted by Crippen LogP contribution is 2.12. The van der Waals surface area contributed by atoms with Gasteiger partial charge in [-0.1, -0.05) is 30.3 Å². The van der Waals surface area contributed by atoms with Crippen molar-refractivity contribution in [3.63, 3.8) is 0 Å². The second-order valence-electron chi connectivity index (χ2n) is 7.49. The van der Waals surface area contributed by atoms with E-state index in [4.69, 9.17) is 14.2 Å². The monoisotopic (exact) mass is 409 g/mol. The van der Waals surface area contributed by atoms with Crippen LogP contribution in [0, 0.1) is 0 Å². The first-order valence-electron chi connectivity index (χ1n) is 9.66. The number of nitrogens with one attached hydrogen (secondary N) is 1. The van der Waals surface area contributed by atoms with E-state index >= 15 is 0 Å². The van der Waals surface area contributed by atoms with Crippen LogP contribution in [0.4, 0.5) is 4.79 Å². The molecular formula is C21H31NO7. The predicted octanol–water partition coefficient (Wildman–Crippen LogP) is 2.72. The molecule has 0 aliphatic heterocycles. The van der Waals surface area contributed by atoms with Gasteiger partial charge in [-0.2, -0.15) is 0 Å². The lowest BCUT2D eigenvalue weighted by Crippen LogP contribution is -2.49. The highest BCUT2D eigenvalue weighted by atomic mass is 16.6. The van der Waals surface area contributed by atoms with Gasteiger partial charge in [0.1, 0.15) is 12.2 Å². The first kappa shape index (κ1) is 24.4. The summed E-state index contributed by atoms with van der Waals surface area (Å²) in [5.74, 6) is -1.25. The van der Waals surface area contributed by atoms with Crippen LogP contribution in [0.15, 0.2) is 30.3 Å². The molecule has 0 saturated carbocycles. The van der Waals surface area contributed by atoms with Crippen molar-refractivity contribution in [2.75, 3.05) is 6.61 Å². The fourth-order valence-electron chi connectivity index (χ4n) is 2.44. The Labute approximate surface area is 171 Å². The molecule has 29 heavy (non-hydrogen) atoms. The van der Waals surface area contributed by atoms with Gasteiger partial charge in [0.2, 0.25) is 0 Å². The molecule has 0 radical (unpaired) electrons. The SMILES string of the molecule is CCOC(=O)C(O)C(CCCC(=O)OCc1ccccc1)NC(=O)OC(C)(C)C. The van der Waals surface area contributed by atoms with Crippen LogP contribution in [0.1, 0.15) is 52.5 Å². The van der Waals surface area contributed by atoms with E-state index in [-0.39, 0.29) is 26.1 Å². The van der Waals surface area contributed by atoms with Gasteiger partial charge >= 0.3 is 18.0 Å². The molecule has 0 heterocycles. The molecule has 162 valence electrons. The van der Waals surface area contributed by atoms with E-state index in [9.17, 15) is 19.5 Å². The number of alkyl carbamates (subject to hydrolysis) is 1. The van der Waals surface area contributed by atoms with Crippen molar-refractivity contribution in [2.45, 2.75) is 71.3 Å². The third-order valence-electron chi connectivity index (χ3n) is 3.75. The van der Waals surface area contributed by atoms with E-state index in [0.29, 0.717) is 6.42 Å². The molecular weight excluding hydrogens is 378 g/mol. The molecule has 8 heteroatoms. The van der Waals surface area contributed by atoms with Gasteiger partial charge in [0.25, 0.3) is 0 Å².